The van der Waals surface area contributed by atoms with Gasteiger partial charge >= 0.3 is 0 Å². The number of anilines is 1. The number of rotatable bonds is 6. The van der Waals surface area contributed by atoms with Gasteiger partial charge in [-0.3, -0.25) is 4.99 Å². The first-order valence-corrected chi connectivity index (χ1v) is 11.8. The second kappa shape index (κ2) is 12.3. The zero-order chi connectivity index (χ0) is 25.4. The summed E-state index contributed by atoms with van der Waals surface area (Å²) < 4.78 is 20.4. The van der Waals surface area contributed by atoms with Crippen molar-refractivity contribution in [3.8, 4) is 11.3 Å². The van der Waals surface area contributed by atoms with Crippen molar-refractivity contribution in [1.29, 1.82) is 0 Å². The number of benzene rings is 2. The van der Waals surface area contributed by atoms with Crippen LogP contribution in [-0.4, -0.2) is 48.1 Å². The molecular formula is C28H33FN4O2. The van der Waals surface area contributed by atoms with E-state index in [0.717, 1.165) is 40.8 Å². The molecule has 1 aromatic heterocycles. The Labute approximate surface area is 206 Å². The molecule has 6 nitrogen and oxygen atoms in total. The van der Waals surface area contributed by atoms with Crippen LogP contribution in [0.1, 0.15) is 39.4 Å². The SMILES string of the molecule is C=N/C=C\C(C)=C(/C)C(O)c1ccc(F)c(-c2ncnc3cc(N4CCOCC4)ccc23)c1.CC. The zero-order valence-corrected chi connectivity index (χ0v) is 20.8. The molecule has 1 saturated heterocycles. The molecule has 1 atom stereocenters. The molecule has 1 unspecified atom stereocenters. The Morgan fingerprint density at radius 1 is 1.14 bits per heavy atom. The molecule has 0 amide bonds. The van der Waals surface area contributed by atoms with Crippen LogP contribution in [0, 0.1) is 5.82 Å². The molecule has 35 heavy (non-hydrogen) atoms. The van der Waals surface area contributed by atoms with Gasteiger partial charge in [-0.1, -0.05) is 19.9 Å². The van der Waals surface area contributed by atoms with Crippen molar-refractivity contribution >= 4 is 23.3 Å². The highest BCUT2D eigenvalue weighted by atomic mass is 19.1. The first-order chi connectivity index (χ1) is 17.0. The van der Waals surface area contributed by atoms with Crippen molar-refractivity contribution in [2.24, 2.45) is 4.99 Å². The lowest BCUT2D eigenvalue weighted by atomic mass is 9.95. The largest absolute Gasteiger partial charge is 0.384 e. The molecule has 2 heterocycles. The normalized spacial score (nSPS) is 15.4. The van der Waals surface area contributed by atoms with Crippen molar-refractivity contribution in [3.05, 3.63) is 77.5 Å². The number of aliphatic hydroxyl groups is 1. The summed E-state index contributed by atoms with van der Waals surface area (Å²) in [6.07, 6.45) is 3.91. The topological polar surface area (TPSA) is 70.8 Å². The fourth-order valence-electron chi connectivity index (χ4n) is 3.93. The molecule has 0 spiro atoms. The Balaban J connectivity index is 0.00000167. The number of hydrogen-bond donors (Lipinski definition) is 1. The summed E-state index contributed by atoms with van der Waals surface area (Å²) in [5.41, 5.74) is 4.81. The molecule has 1 fully saturated rings. The molecule has 0 saturated carbocycles. The van der Waals surface area contributed by atoms with Crippen molar-refractivity contribution < 1.29 is 14.2 Å². The molecule has 1 aliphatic heterocycles. The van der Waals surface area contributed by atoms with Crippen LogP contribution >= 0.6 is 0 Å². The second-order valence-corrected chi connectivity index (χ2v) is 8.03. The van der Waals surface area contributed by atoms with Gasteiger partial charge in [-0.15, -0.1) is 0 Å². The van der Waals surface area contributed by atoms with E-state index in [1.54, 1.807) is 24.4 Å². The Morgan fingerprint density at radius 2 is 1.89 bits per heavy atom. The van der Waals surface area contributed by atoms with E-state index in [1.807, 2.05) is 45.9 Å². The van der Waals surface area contributed by atoms with E-state index in [-0.39, 0.29) is 0 Å². The average molecular weight is 477 g/mol. The van der Waals surface area contributed by atoms with Gasteiger partial charge in [-0.05, 0) is 73.7 Å². The van der Waals surface area contributed by atoms with Crippen LogP contribution in [-0.2, 0) is 4.74 Å². The van der Waals surface area contributed by atoms with Gasteiger partial charge in [0.2, 0.25) is 0 Å². The minimum absolute atomic E-state index is 0.326. The van der Waals surface area contributed by atoms with Gasteiger partial charge in [0.25, 0.3) is 0 Å². The predicted molar refractivity (Wildman–Crippen MR) is 141 cm³/mol. The monoisotopic (exact) mass is 476 g/mol. The molecule has 0 radical (unpaired) electrons. The first kappa shape index (κ1) is 26.2. The van der Waals surface area contributed by atoms with E-state index in [2.05, 4.69) is 26.6 Å². The number of fused-ring (bicyclic) bond motifs is 1. The Morgan fingerprint density at radius 3 is 2.60 bits per heavy atom. The van der Waals surface area contributed by atoms with E-state index >= 15 is 0 Å². The fourth-order valence-corrected chi connectivity index (χ4v) is 3.93. The number of aliphatic imine (C=N–C) groups is 1. The number of nitrogens with zero attached hydrogens (tertiary/aromatic N) is 4. The van der Waals surface area contributed by atoms with E-state index in [1.165, 1.54) is 12.4 Å². The van der Waals surface area contributed by atoms with Gasteiger partial charge in [0.15, 0.2) is 0 Å². The van der Waals surface area contributed by atoms with Crippen LogP contribution in [0.2, 0.25) is 0 Å². The number of hydrogen-bond acceptors (Lipinski definition) is 6. The maximum Gasteiger partial charge on any atom is 0.132 e. The summed E-state index contributed by atoms with van der Waals surface area (Å²) in [7, 11) is 0. The summed E-state index contributed by atoms with van der Waals surface area (Å²) in [4.78, 5) is 14.8. The molecule has 0 bridgehead atoms. The van der Waals surface area contributed by atoms with E-state index in [0.29, 0.717) is 30.0 Å². The molecule has 1 aliphatic rings. The van der Waals surface area contributed by atoms with Crippen LogP contribution in [0.4, 0.5) is 10.1 Å². The number of halogens is 1. The Bertz CT molecular complexity index is 1230. The van der Waals surface area contributed by atoms with Crippen LogP contribution in [0.3, 0.4) is 0 Å². The third-order valence-corrected chi connectivity index (χ3v) is 6.02. The van der Waals surface area contributed by atoms with Crippen molar-refractivity contribution in [2.75, 3.05) is 31.2 Å². The number of allylic oxidation sites excluding steroid dienone is 2. The minimum Gasteiger partial charge on any atom is -0.384 e. The molecule has 0 aliphatic carbocycles. The third-order valence-electron chi connectivity index (χ3n) is 6.02. The average Bonchev–Trinajstić information content (AvgIpc) is 2.92. The number of morpholine rings is 1. The van der Waals surface area contributed by atoms with Crippen molar-refractivity contribution in [2.45, 2.75) is 33.8 Å². The van der Waals surface area contributed by atoms with Crippen LogP contribution < -0.4 is 4.90 Å². The van der Waals surface area contributed by atoms with Crippen LogP contribution in [0.15, 0.2) is 71.1 Å². The highest BCUT2D eigenvalue weighted by Crippen LogP contribution is 2.33. The maximum absolute atomic E-state index is 14.9. The van der Waals surface area contributed by atoms with E-state index in [9.17, 15) is 9.50 Å². The van der Waals surface area contributed by atoms with Gasteiger partial charge in [0, 0.05) is 35.9 Å². The predicted octanol–water partition coefficient (Wildman–Crippen LogP) is 5.88. The van der Waals surface area contributed by atoms with Gasteiger partial charge in [0.05, 0.1) is 24.4 Å². The van der Waals surface area contributed by atoms with Crippen LogP contribution in [0.5, 0.6) is 0 Å². The zero-order valence-electron chi connectivity index (χ0n) is 20.8. The second-order valence-electron chi connectivity index (χ2n) is 8.03. The lowest BCUT2D eigenvalue weighted by molar-refractivity contribution is 0.122. The first-order valence-electron chi connectivity index (χ1n) is 11.8. The van der Waals surface area contributed by atoms with Crippen molar-refractivity contribution in [3.63, 3.8) is 0 Å². The van der Waals surface area contributed by atoms with Gasteiger partial charge in [-0.2, -0.15) is 0 Å². The standard InChI is InChI=1S/C26H27FN4O2.C2H6/c1-17(8-9-28-3)18(2)26(32)19-4-7-23(27)22(14-19)25-21-6-5-20(15-24(21)29-16-30-25)31-10-12-33-13-11-31;1-2/h4-9,14-16,26,32H,3,10-13H2,1-2H3;1-2H3/b9-8-,18-17+;. The number of aromatic nitrogens is 2. The van der Waals surface area contributed by atoms with Gasteiger partial charge in [-0.25, -0.2) is 14.4 Å². The molecular weight excluding hydrogens is 443 g/mol. The number of aliphatic hydroxyl groups excluding tert-OH is 1. The summed E-state index contributed by atoms with van der Waals surface area (Å²) >= 11 is 0. The molecule has 184 valence electrons. The van der Waals surface area contributed by atoms with Gasteiger partial charge in [0.1, 0.15) is 18.2 Å². The smallest absolute Gasteiger partial charge is 0.132 e. The van der Waals surface area contributed by atoms with E-state index in [4.69, 9.17) is 4.74 Å². The van der Waals surface area contributed by atoms with E-state index < -0.39 is 11.9 Å². The summed E-state index contributed by atoms with van der Waals surface area (Å²) in [5.74, 6) is -0.405. The quantitative estimate of drug-likeness (QED) is 0.355. The lowest BCUT2D eigenvalue weighted by Crippen LogP contribution is -2.36. The summed E-state index contributed by atoms with van der Waals surface area (Å²) in [6, 6.07) is 10.6. The molecule has 3 aromatic rings. The summed E-state index contributed by atoms with van der Waals surface area (Å²) in [6.45, 7) is 14.2. The van der Waals surface area contributed by atoms with Gasteiger partial charge < -0.3 is 14.7 Å². The Hall–Kier alpha value is -3.42. The maximum atomic E-state index is 14.9. The highest BCUT2D eigenvalue weighted by molar-refractivity contribution is 5.94. The lowest BCUT2D eigenvalue weighted by Gasteiger charge is -2.29. The Kier molecular flexibility index (Phi) is 9.23. The minimum atomic E-state index is -0.889. The summed E-state index contributed by atoms with van der Waals surface area (Å²) in [5, 5.41) is 11.7. The molecule has 7 heteroatoms. The number of ether oxygens (including phenoxy) is 1. The molecule has 2 aromatic carbocycles. The highest BCUT2D eigenvalue weighted by Gasteiger charge is 2.18. The molecule has 4 rings (SSSR count). The fraction of sp³-hybridized carbons (Fsp3) is 0.321. The van der Waals surface area contributed by atoms with Crippen molar-refractivity contribution in [1.82, 2.24) is 9.97 Å². The van der Waals surface area contributed by atoms with Crippen LogP contribution in [0.25, 0.3) is 22.2 Å². The third kappa shape index (κ3) is 5.99. The molecule has 1 N–H and O–H groups in total.